The zero-order chi connectivity index (χ0) is 15.9. The highest BCUT2D eigenvalue weighted by atomic mass is 19.3. The second-order valence-electron chi connectivity index (χ2n) is 5.61. The Kier molecular flexibility index (Phi) is 3.42. The van der Waals surface area contributed by atoms with E-state index in [1.807, 2.05) is 26.0 Å². The highest BCUT2D eigenvalue weighted by Crippen LogP contribution is 2.48. The summed E-state index contributed by atoms with van der Waals surface area (Å²) in [6.45, 7) is 3.71. The van der Waals surface area contributed by atoms with Crippen molar-refractivity contribution in [3.63, 3.8) is 0 Å². The van der Waals surface area contributed by atoms with Gasteiger partial charge in [0, 0.05) is 30.0 Å². The van der Waals surface area contributed by atoms with Gasteiger partial charge in [-0.2, -0.15) is 4.98 Å². The molecule has 0 spiro atoms. The van der Waals surface area contributed by atoms with Crippen molar-refractivity contribution in [1.29, 1.82) is 0 Å². The first kappa shape index (κ1) is 14.6. The molecule has 1 aromatic heterocycles. The molecule has 1 aliphatic rings. The second kappa shape index (κ2) is 5.15. The lowest BCUT2D eigenvalue weighted by Crippen LogP contribution is -2.33. The van der Waals surface area contributed by atoms with E-state index in [1.54, 1.807) is 0 Å². The number of hydrogen-bond acceptors (Lipinski definition) is 4. The van der Waals surface area contributed by atoms with Crippen LogP contribution in [0.25, 0.3) is 11.4 Å². The Hall–Kier alpha value is -2.31. The summed E-state index contributed by atoms with van der Waals surface area (Å²) >= 11 is 0. The van der Waals surface area contributed by atoms with Crippen molar-refractivity contribution < 1.29 is 18.1 Å². The van der Waals surface area contributed by atoms with Crippen molar-refractivity contribution in [3.8, 4) is 11.4 Å². The highest BCUT2D eigenvalue weighted by molar-refractivity contribution is 5.80. The van der Waals surface area contributed by atoms with Crippen molar-refractivity contribution >= 4 is 12.1 Å². The molecule has 1 aromatic carbocycles. The van der Waals surface area contributed by atoms with Crippen LogP contribution in [-0.2, 0) is 4.79 Å². The molecular weight excluding hydrogens is 292 g/mol. The number of hydrogen-bond donors (Lipinski definition) is 1. The zero-order valence-electron chi connectivity index (χ0n) is 12.2. The first-order chi connectivity index (χ1) is 10.4. The van der Waals surface area contributed by atoms with Crippen LogP contribution in [0, 0.1) is 13.8 Å². The summed E-state index contributed by atoms with van der Waals surface area (Å²) < 4.78 is 31.0. The molecule has 0 radical (unpaired) electrons. The van der Waals surface area contributed by atoms with Gasteiger partial charge in [-0.25, -0.2) is 8.78 Å². The molecule has 1 amide bonds. The molecule has 0 saturated heterocycles. The van der Waals surface area contributed by atoms with Gasteiger partial charge < -0.3 is 9.84 Å². The van der Waals surface area contributed by atoms with Crippen LogP contribution >= 0.6 is 0 Å². The maximum Gasteiger partial charge on any atom is 0.249 e. The minimum atomic E-state index is -2.62. The van der Waals surface area contributed by atoms with Crippen LogP contribution < -0.4 is 5.32 Å². The molecule has 1 heterocycles. The molecule has 0 unspecified atom stereocenters. The Labute approximate surface area is 125 Å². The third kappa shape index (κ3) is 2.47. The van der Waals surface area contributed by atoms with E-state index in [4.69, 9.17) is 4.52 Å². The summed E-state index contributed by atoms with van der Waals surface area (Å²) in [5, 5.41) is 6.53. The predicted octanol–water partition coefficient (Wildman–Crippen LogP) is 3.43. The van der Waals surface area contributed by atoms with E-state index in [1.165, 1.54) is 0 Å². The predicted molar refractivity (Wildman–Crippen MR) is 75.8 cm³/mol. The van der Waals surface area contributed by atoms with Crippen LogP contribution in [0.3, 0.4) is 0 Å². The average molecular weight is 307 g/mol. The number of aryl methyl sites for hydroxylation is 1. The number of nitrogens with one attached hydrogen (secondary N) is 1. The summed E-state index contributed by atoms with van der Waals surface area (Å²) in [4.78, 5) is 14.9. The molecule has 1 saturated carbocycles. The summed E-state index contributed by atoms with van der Waals surface area (Å²) in [5.74, 6) is -2.42. The van der Waals surface area contributed by atoms with Gasteiger partial charge in [0.25, 0.3) is 0 Å². The van der Waals surface area contributed by atoms with Gasteiger partial charge in [-0.05, 0) is 25.0 Å². The number of halogens is 2. The smallest absolute Gasteiger partial charge is 0.249 e. The molecule has 116 valence electrons. The lowest BCUT2D eigenvalue weighted by atomic mass is 9.81. The minimum absolute atomic E-state index is 0.241. The van der Waals surface area contributed by atoms with Crippen molar-refractivity contribution in [1.82, 2.24) is 10.1 Å². The van der Waals surface area contributed by atoms with E-state index in [2.05, 4.69) is 15.5 Å². The number of alkyl halides is 2. The number of amides is 1. The number of nitrogens with zero attached hydrogens (tertiary/aromatic N) is 2. The maximum absolute atomic E-state index is 12.9. The van der Waals surface area contributed by atoms with Gasteiger partial charge in [-0.3, -0.25) is 4.79 Å². The largest absolute Gasteiger partial charge is 0.339 e. The van der Waals surface area contributed by atoms with Gasteiger partial charge >= 0.3 is 0 Å². The van der Waals surface area contributed by atoms with Crippen LogP contribution in [0.4, 0.5) is 14.5 Å². The third-order valence-corrected chi connectivity index (χ3v) is 4.00. The van der Waals surface area contributed by atoms with Crippen molar-refractivity contribution in [2.75, 3.05) is 5.32 Å². The van der Waals surface area contributed by atoms with Gasteiger partial charge in [-0.15, -0.1) is 0 Å². The fourth-order valence-electron chi connectivity index (χ4n) is 2.72. The van der Waals surface area contributed by atoms with E-state index in [0.29, 0.717) is 23.5 Å². The number of carbonyl (C=O) groups is 1. The molecule has 0 atom stereocenters. The normalized spacial score (nSPS) is 17.1. The number of aromatic nitrogens is 2. The highest BCUT2D eigenvalue weighted by Gasteiger charge is 2.48. The fourth-order valence-corrected chi connectivity index (χ4v) is 2.72. The molecule has 3 rings (SSSR count). The van der Waals surface area contributed by atoms with Crippen LogP contribution in [0.2, 0.25) is 0 Å². The van der Waals surface area contributed by atoms with E-state index >= 15 is 0 Å². The molecule has 5 nitrogen and oxygen atoms in total. The van der Waals surface area contributed by atoms with Crippen LogP contribution in [0.1, 0.15) is 35.8 Å². The molecule has 22 heavy (non-hydrogen) atoms. The monoisotopic (exact) mass is 307 g/mol. The van der Waals surface area contributed by atoms with Crippen molar-refractivity contribution in [3.05, 3.63) is 29.2 Å². The van der Waals surface area contributed by atoms with Crippen LogP contribution in [-0.4, -0.2) is 22.5 Å². The summed E-state index contributed by atoms with van der Waals surface area (Å²) in [5.41, 5.74) is 3.11. The average Bonchev–Trinajstić information content (AvgIpc) is 2.90. The first-order valence-corrected chi connectivity index (χ1v) is 6.93. The lowest BCUT2D eigenvalue weighted by molar-refractivity contribution is -0.105. The van der Waals surface area contributed by atoms with Crippen molar-refractivity contribution in [2.24, 2.45) is 0 Å². The van der Waals surface area contributed by atoms with E-state index < -0.39 is 5.92 Å². The third-order valence-electron chi connectivity index (χ3n) is 4.00. The van der Waals surface area contributed by atoms with Crippen LogP contribution in [0.15, 0.2) is 16.7 Å². The topological polar surface area (TPSA) is 68.0 Å². The van der Waals surface area contributed by atoms with E-state index in [-0.39, 0.29) is 24.7 Å². The van der Waals surface area contributed by atoms with Gasteiger partial charge in [0.2, 0.25) is 24.0 Å². The summed E-state index contributed by atoms with van der Waals surface area (Å²) in [6, 6.07) is 3.66. The second-order valence-corrected chi connectivity index (χ2v) is 5.61. The quantitative estimate of drug-likeness (QED) is 0.879. The van der Waals surface area contributed by atoms with Gasteiger partial charge in [0.15, 0.2) is 0 Å². The Bertz CT molecular complexity index is 720. The molecule has 7 heteroatoms. The zero-order valence-corrected chi connectivity index (χ0v) is 12.2. The molecule has 2 aromatic rings. The minimum Gasteiger partial charge on any atom is -0.339 e. The van der Waals surface area contributed by atoms with Gasteiger partial charge in [-0.1, -0.05) is 17.3 Å². The number of benzene rings is 1. The lowest BCUT2D eigenvalue weighted by Gasteiger charge is -2.31. The summed E-state index contributed by atoms with van der Waals surface area (Å²) in [6.07, 6.45) is 0.107. The first-order valence-electron chi connectivity index (χ1n) is 6.93. The Morgan fingerprint density at radius 3 is 2.73 bits per heavy atom. The molecule has 1 fully saturated rings. The van der Waals surface area contributed by atoms with E-state index in [9.17, 15) is 13.6 Å². The fraction of sp³-hybridized carbons (Fsp3) is 0.400. The summed E-state index contributed by atoms with van der Waals surface area (Å²) in [7, 11) is 0. The molecule has 0 bridgehead atoms. The van der Waals surface area contributed by atoms with Gasteiger partial charge in [0.05, 0.1) is 0 Å². The Balaban J connectivity index is 1.91. The Morgan fingerprint density at radius 1 is 1.36 bits per heavy atom. The van der Waals surface area contributed by atoms with Crippen LogP contribution in [0.5, 0.6) is 0 Å². The molecular formula is C15H15F2N3O2. The standard InChI is InChI=1S/C15H15F2N3O2/c1-8-3-4-11(9(2)12(8)18-7-21)13-19-14(22-20-13)10-5-15(16,17)6-10/h3-4,7,10H,5-6H2,1-2H3,(H,18,21). The SMILES string of the molecule is Cc1ccc(-c2noc(C3CC(F)(F)C3)n2)c(C)c1NC=O. The van der Waals surface area contributed by atoms with Gasteiger partial charge in [0.1, 0.15) is 0 Å². The van der Waals surface area contributed by atoms with Crippen molar-refractivity contribution in [2.45, 2.75) is 38.5 Å². The number of rotatable bonds is 4. The maximum atomic E-state index is 12.9. The number of carbonyl (C=O) groups excluding carboxylic acids is 1. The number of anilines is 1. The molecule has 0 aliphatic heterocycles. The Morgan fingerprint density at radius 2 is 2.09 bits per heavy atom. The molecule has 1 aliphatic carbocycles. The molecule has 1 N–H and O–H groups in total. The van der Waals surface area contributed by atoms with E-state index in [0.717, 1.165) is 11.1 Å².